The molecule has 0 fully saturated rings. The van der Waals surface area contributed by atoms with Gasteiger partial charge in [-0.15, -0.1) is 0 Å². The van der Waals surface area contributed by atoms with Crippen molar-refractivity contribution in [3.8, 4) is 17.2 Å². The van der Waals surface area contributed by atoms with Crippen LogP contribution in [0.4, 0.5) is 0 Å². The van der Waals surface area contributed by atoms with Crippen molar-refractivity contribution in [2.45, 2.75) is 6.61 Å². The van der Waals surface area contributed by atoms with Crippen molar-refractivity contribution in [3.05, 3.63) is 94.3 Å². The van der Waals surface area contributed by atoms with Crippen LogP contribution in [0.1, 0.15) is 21.5 Å². The van der Waals surface area contributed by atoms with E-state index in [1.165, 1.54) is 0 Å². The van der Waals surface area contributed by atoms with Crippen molar-refractivity contribution >= 4 is 34.4 Å². The highest BCUT2D eigenvalue weighted by atomic mass is 35.5. The van der Waals surface area contributed by atoms with E-state index in [-0.39, 0.29) is 11.5 Å². The minimum atomic E-state index is -0.155. The van der Waals surface area contributed by atoms with Gasteiger partial charge in [-0.2, -0.15) is 0 Å². The SMILES string of the molecule is COc1ccc2c(c1)c(C=C1Oc3cc(OCc4ccccc4Cl)ccc3C1=O)cn2C. The van der Waals surface area contributed by atoms with E-state index < -0.39 is 0 Å². The Kier molecular flexibility index (Phi) is 5.11. The van der Waals surface area contributed by atoms with Gasteiger partial charge in [-0.1, -0.05) is 29.8 Å². The van der Waals surface area contributed by atoms with Gasteiger partial charge >= 0.3 is 0 Å². The predicted octanol–water partition coefficient (Wildman–Crippen LogP) is 6.04. The van der Waals surface area contributed by atoms with Crippen molar-refractivity contribution in [3.63, 3.8) is 0 Å². The molecule has 0 atom stereocenters. The molecule has 1 aliphatic rings. The van der Waals surface area contributed by atoms with Gasteiger partial charge in [-0.05, 0) is 42.5 Å². The molecule has 6 heteroatoms. The minimum Gasteiger partial charge on any atom is -0.497 e. The molecule has 0 bridgehead atoms. The van der Waals surface area contributed by atoms with Crippen molar-refractivity contribution in [2.24, 2.45) is 7.05 Å². The van der Waals surface area contributed by atoms with Gasteiger partial charge in [0.05, 0.1) is 12.7 Å². The van der Waals surface area contributed by atoms with E-state index >= 15 is 0 Å². The van der Waals surface area contributed by atoms with Gasteiger partial charge in [0.25, 0.3) is 0 Å². The van der Waals surface area contributed by atoms with Crippen molar-refractivity contribution in [1.82, 2.24) is 4.57 Å². The molecular weight excluding hydrogens is 426 g/mol. The summed E-state index contributed by atoms with van der Waals surface area (Å²) in [5.41, 5.74) is 3.32. The van der Waals surface area contributed by atoms with Crippen LogP contribution in [0.5, 0.6) is 17.2 Å². The van der Waals surface area contributed by atoms with E-state index in [9.17, 15) is 4.79 Å². The summed E-state index contributed by atoms with van der Waals surface area (Å²) in [7, 11) is 3.60. The van der Waals surface area contributed by atoms with Crippen molar-refractivity contribution < 1.29 is 19.0 Å². The molecule has 0 radical (unpaired) electrons. The third kappa shape index (κ3) is 3.61. The molecule has 5 nitrogen and oxygen atoms in total. The Morgan fingerprint density at radius 1 is 1.06 bits per heavy atom. The first-order chi connectivity index (χ1) is 15.5. The maximum Gasteiger partial charge on any atom is 0.231 e. The summed E-state index contributed by atoms with van der Waals surface area (Å²) >= 11 is 6.20. The van der Waals surface area contributed by atoms with Gasteiger partial charge < -0.3 is 18.8 Å². The number of ketones is 1. The topological polar surface area (TPSA) is 49.7 Å². The number of carbonyl (C=O) groups is 1. The Labute approximate surface area is 190 Å². The highest BCUT2D eigenvalue weighted by Crippen LogP contribution is 2.36. The number of fused-ring (bicyclic) bond motifs is 2. The molecule has 1 aromatic heterocycles. The lowest BCUT2D eigenvalue weighted by atomic mass is 10.1. The van der Waals surface area contributed by atoms with Crippen LogP contribution in [-0.4, -0.2) is 17.5 Å². The lowest BCUT2D eigenvalue weighted by Crippen LogP contribution is -1.98. The molecule has 32 heavy (non-hydrogen) atoms. The molecule has 0 aliphatic carbocycles. The second kappa shape index (κ2) is 8.09. The lowest BCUT2D eigenvalue weighted by Gasteiger charge is -2.08. The van der Waals surface area contributed by atoms with Crippen LogP contribution in [0, 0.1) is 0 Å². The molecule has 4 aromatic rings. The Hall–Kier alpha value is -3.70. The largest absolute Gasteiger partial charge is 0.497 e. The van der Waals surface area contributed by atoms with Crippen molar-refractivity contribution in [1.29, 1.82) is 0 Å². The third-order valence-electron chi connectivity index (χ3n) is 5.51. The first kappa shape index (κ1) is 20.2. The average molecular weight is 446 g/mol. The smallest absolute Gasteiger partial charge is 0.231 e. The number of hydrogen-bond acceptors (Lipinski definition) is 4. The normalized spacial score (nSPS) is 14.0. The fourth-order valence-electron chi connectivity index (χ4n) is 3.82. The summed E-state index contributed by atoms with van der Waals surface area (Å²) < 4.78 is 19.1. The zero-order chi connectivity index (χ0) is 22.2. The molecule has 0 saturated carbocycles. The van der Waals surface area contributed by atoms with Gasteiger partial charge in [0, 0.05) is 46.4 Å². The zero-order valence-electron chi connectivity index (χ0n) is 17.6. The quantitative estimate of drug-likeness (QED) is 0.352. The van der Waals surface area contributed by atoms with E-state index in [0.29, 0.717) is 28.7 Å². The Balaban J connectivity index is 1.41. The number of allylic oxidation sites excluding steroid dienone is 1. The average Bonchev–Trinajstić information content (AvgIpc) is 3.28. The van der Waals surface area contributed by atoms with E-state index in [1.54, 1.807) is 31.4 Å². The number of methoxy groups -OCH3 is 1. The maximum absolute atomic E-state index is 12.9. The van der Waals surface area contributed by atoms with Gasteiger partial charge in [-0.3, -0.25) is 4.79 Å². The number of nitrogens with zero attached hydrogens (tertiary/aromatic N) is 1. The number of aryl methyl sites for hydroxylation is 1. The summed E-state index contributed by atoms with van der Waals surface area (Å²) in [6.45, 7) is 0.326. The molecule has 0 unspecified atom stereocenters. The standard InChI is InChI=1S/C26H20ClNO4/c1-28-14-17(21-12-18(30-2)8-10-23(21)28)11-25-26(29)20-9-7-19(13-24(20)32-25)31-15-16-5-3-4-6-22(16)27/h3-14H,15H2,1-2H3. The van der Waals surface area contributed by atoms with Crippen LogP contribution in [0.2, 0.25) is 5.02 Å². The highest BCUT2D eigenvalue weighted by molar-refractivity contribution is 6.31. The second-order valence-electron chi connectivity index (χ2n) is 7.56. The number of hydrogen-bond donors (Lipinski definition) is 0. The molecule has 2 heterocycles. The zero-order valence-corrected chi connectivity index (χ0v) is 18.3. The Bertz CT molecular complexity index is 1390. The number of benzene rings is 3. The molecule has 5 rings (SSSR count). The second-order valence-corrected chi connectivity index (χ2v) is 7.96. The molecule has 0 amide bonds. The highest BCUT2D eigenvalue weighted by Gasteiger charge is 2.28. The summed E-state index contributed by atoms with van der Waals surface area (Å²) in [4.78, 5) is 12.9. The number of Topliss-reactive ketones (excluding diaryl/α,β-unsaturated/α-hetero) is 1. The van der Waals surface area contributed by atoms with Gasteiger partial charge in [0.2, 0.25) is 5.78 Å². The van der Waals surface area contributed by atoms with E-state index in [0.717, 1.165) is 27.8 Å². The van der Waals surface area contributed by atoms with E-state index in [2.05, 4.69) is 0 Å². The first-order valence-corrected chi connectivity index (χ1v) is 10.5. The minimum absolute atomic E-state index is 0.155. The van der Waals surface area contributed by atoms with E-state index in [1.807, 2.05) is 60.3 Å². The van der Waals surface area contributed by atoms with Crippen LogP contribution >= 0.6 is 11.6 Å². The Morgan fingerprint density at radius 3 is 2.69 bits per heavy atom. The van der Waals surface area contributed by atoms with Crippen molar-refractivity contribution in [2.75, 3.05) is 7.11 Å². The van der Waals surface area contributed by atoms with Crippen LogP contribution in [0.15, 0.2) is 72.6 Å². The molecule has 0 N–H and O–H groups in total. The Morgan fingerprint density at radius 2 is 1.88 bits per heavy atom. The van der Waals surface area contributed by atoms with Crippen LogP contribution in [-0.2, 0) is 13.7 Å². The fraction of sp³-hybridized carbons (Fsp3) is 0.115. The van der Waals surface area contributed by atoms with Gasteiger partial charge in [0.15, 0.2) is 5.76 Å². The maximum atomic E-state index is 12.9. The summed E-state index contributed by atoms with van der Waals surface area (Å²) in [5, 5.41) is 1.63. The number of aromatic nitrogens is 1. The van der Waals surface area contributed by atoms with E-state index in [4.69, 9.17) is 25.8 Å². The molecule has 1 aliphatic heterocycles. The molecule has 0 spiro atoms. The summed E-state index contributed by atoms with van der Waals surface area (Å²) in [5.74, 6) is 1.96. The number of halogens is 1. The van der Waals surface area contributed by atoms with Crippen LogP contribution in [0.25, 0.3) is 17.0 Å². The summed E-state index contributed by atoms with van der Waals surface area (Å²) in [6, 6.07) is 18.6. The molecular formula is C26H20ClNO4. The summed E-state index contributed by atoms with van der Waals surface area (Å²) in [6.07, 6.45) is 3.74. The predicted molar refractivity (Wildman–Crippen MR) is 125 cm³/mol. The monoisotopic (exact) mass is 445 g/mol. The van der Waals surface area contributed by atoms with Crippen LogP contribution in [0.3, 0.4) is 0 Å². The third-order valence-corrected chi connectivity index (χ3v) is 5.88. The number of carbonyl (C=O) groups excluding carboxylic acids is 1. The van der Waals surface area contributed by atoms with Gasteiger partial charge in [0.1, 0.15) is 23.9 Å². The van der Waals surface area contributed by atoms with Gasteiger partial charge in [-0.25, -0.2) is 0 Å². The van der Waals surface area contributed by atoms with Crippen LogP contribution < -0.4 is 14.2 Å². The lowest BCUT2D eigenvalue weighted by molar-refractivity contribution is 0.101. The molecule has 160 valence electrons. The fourth-order valence-corrected chi connectivity index (χ4v) is 4.01. The molecule has 3 aromatic carbocycles. The molecule has 0 saturated heterocycles. The first-order valence-electron chi connectivity index (χ1n) is 10.1. The number of ether oxygens (including phenoxy) is 3. The number of rotatable bonds is 5.